The van der Waals surface area contributed by atoms with Gasteiger partial charge in [-0.3, -0.25) is 14.8 Å². The number of sulfonamides is 1. The van der Waals surface area contributed by atoms with Crippen LogP contribution in [0.2, 0.25) is 0 Å². The number of fused-ring (bicyclic) bond motifs is 2. The number of nitrogens with zero attached hydrogens (tertiary/aromatic N) is 3. The molecule has 1 aromatic carbocycles. The summed E-state index contributed by atoms with van der Waals surface area (Å²) in [5.74, 6) is 1.03. The number of nitrogens with one attached hydrogen (secondary N) is 1. The number of hydrogen-bond acceptors (Lipinski definition) is 7. The standard InChI is InChI=1S/C28H26N6O3S/c1-16-8-20-9-18(12-24(38(30,36)37)25(20)33-14-16)10-21-13-19(3-6-31-21)26(35)34-15-17-2-5-28-22(23(28)11-17)4-7-32-27(28)29/h2-9,11-14,22-23H,10,15H2,1H3,(H2,29,32)(H,34,35)(H2,30,36,37). The minimum absolute atomic E-state index is 0.0338. The zero-order valence-corrected chi connectivity index (χ0v) is 21.4. The summed E-state index contributed by atoms with van der Waals surface area (Å²) in [5, 5.41) is 9.13. The molecule has 3 unspecified atom stereocenters. The summed E-state index contributed by atoms with van der Waals surface area (Å²) in [4.78, 5) is 25.8. The van der Waals surface area contributed by atoms with Crippen molar-refractivity contribution in [3.05, 3.63) is 101 Å². The molecule has 3 aliphatic rings. The first kappa shape index (κ1) is 24.2. The Hall–Kier alpha value is -4.15. The Labute approximate surface area is 220 Å². The Morgan fingerprint density at radius 1 is 1.16 bits per heavy atom. The van der Waals surface area contributed by atoms with Crippen molar-refractivity contribution in [2.75, 3.05) is 6.54 Å². The number of hydrogen-bond donors (Lipinski definition) is 3. The van der Waals surface area contributed by atoms with E-state index < -0.39 is 10.0 Å². The summed E-state index contributed by atoms with van der Waals surface area (Å²) in [6.45, 7) is 2.27. The third-order valence-electron chi connectivity index (χ3n) is 7.47. The normalized spacial score (nSPS) is 23.3. The van der Waals surface area contributed by atoms with Crippen LogP contribution in [0.3, 0.4) is 0 Å². The first-order valence-corrected chi connectivity index (χ1v) is 13.8. The Balaban J connectivity index is 1.18. The maximum atomic E-state index is 12.9. The van der Waals surface area contributed by atoms with E-state index in [1.807, 2.05) is 25.1 Å². The highest BCUT2D eigenvalue weighted by Crippen LogP contribution is 2.64. The SMILES string of the molecule is Cc1cnc2c(S(N)(=O)=O)cc(Cc3cc(C(=O)NCC4=CC5C6C=CN=C(N)C65C=C4)ccn3)cc2c1. The molecule has 2 aliphatic carbocycles. The largest absolute Gasteiger partial charge is 0.386 e. The summed E-state index contributed by atoms with van der Waals surface area (Å²) in [7, 11) is -3.98. The summed E-state index contributed by atoms with van der Waals surface area (Å²) >= 11 is 0. The van der Waals surface area contributed by atoms with E-state index >= 15 is 0 Å². The first-order chi connectivity index (χ1) is 18.1. The molecule has 5 N–H and O–H groups in total. The Morgan fingerprint density at radius 3 is 2.82 bits per heavy atom. The number of aryl methyl sites for hydroxylation is 1. The second-order valence-corrected chi connectivity index (χ2v) is 11.6. The smallest absolute Gasteiger partial charge is 0.251 e. The van der Waals surface area contributed by atoms with Gasteiger partial charge in [0.25, 0.3) is 5.91 Å². The molecule has 0 radical (unpaired) electrons. The van der Waals surface area contributed by atoms with Gasteiger partial charge in [-0.1, -0.05) is 24.3 Å². The van der Waals surface area contributed by atoms with Crippen molar-refractivity contribution in [2.45, 2.75) is 18.2 Å². The van der Waals surface area contributed by atoms with Crippen molar-refractivity contribution in [3.8, 4) is 0 Å². The fourth-order valence-electron chi connectivity index (χ4n) is 5.52. The van der Waals surface area contributed by atoms with Gasteiger partial charge in [-0.2, -0.15) is 0 Å². The highest BCUT2D eigenvalue weighted by molar-refractivity contribution is 7.89. The average molecular weight is 527 g/mol. The minimum atomic E-state index is -3.98. The number of carbonyl (C=O) groups is 1. The molecule has 1 spiro atoms. The number of carbonyl (C=O) groups excluding carboxylic acids is 1. The number of amides is 1. The maximum absolute atomic E-state index is 12.9. The highest BCUT2D eigenvalue weighted by atomic mass is 32.2. The number of pyridine rings is 2. The van der Waals surface area contributed by atoms with E-state index in [-0.39, 0.29) is 22.1 Å². The number of allylic oxidation sites excluding steroid dienone is 2. The number of primary sulfonamides is 1. The van der Waals surface area contributed by atoms with Gasteiger partial charge >= 0.3 is 0 Å². The second kappa shape index (κ2) is 8.71. The van der Waals surface area contributed by atoms with Crippen LogP contribution in [0.1, 0.15) is 27.2 Å². The lowest BCUT2D eigenvalue weighted by Gasteiger charge is -2.17. The van der Waals surface area contributed by atoms with E-state index in [2.05, 4.69) is 38.5 Å². The molecule has 3 atom stereocenters. The molecule has 1 amide bonds. The van der Waals surface area contributed by atoms with E-state index in [1.165, 1.54) is 6.07 Å². The lowest BCUT2D eigenvalue weighted by atomic mass is 9.93. The van der Waals surface area contributed by atoms with Gasteiger partial charge in [0.2, 0.25) is 10.0 Å². The molecule has 192 valence electrons. The zero-order valence-electron chi connectivity index (χ0n) is 20.6. The molecule has 10 heteroatoms. The number of aromatic nitrogens is 2. The molecule has 2 aromatic heterocycles. The molecular formula is C28H26N6O3S. The third kappa shape index (κ3) is 4.11. The third-order valence-corrected chi connectivity index (χ3v) is 8.39. The van der Waals surface area contributed by atoms with Crippen LogP contribution in [0, 0.1) is 24.2 Å². The molecule has 3 aromatic rings. The molecule has 6 rings (SSSR count). The van der Waals surface area contributed by atoms with Crippen molar-refractivity contribution in [1.82, 2.24) is 15.3 Å². The van der Waals surface area contributed by atoms with E-state index in [1.54, 1.807) is 30.7 Å². The molecule has 9 nitrogen and oxygen atoms in total. The lowest BCUT2D eigenvalue weighted by molar-refractivity contribution is 0.0957. The van der Waals surface area contributed by atoms with Gasteiger partial charge in [0.05, 0.1) is 10.9 Å². The summed E-state index contributed by atoms with van der Waals surface area (Å²) < 4.78 is 24.5. The average Bonchev–Trinajstić information content (AvgIpc) is 3.56. The summed E-state index contributed by atoms with van der Waals surface area (Å²) in [5.41, 5.74) is 10.0. The van der Waals surface area contributed by atoms with E-state index in [0.717, 1.165) is 11.1 Å². The quantitative estimate of drug-likeness (QED) is 0.449. The van der Waals surface area contributed by atoms with E-state index in [0.29, 0.717) is 52.4 Å². The number of amidine groups is 1. The highest BCUT2D eigenvalue weighted by Gasteiger charge is 2.65. The number of aliphatic imine (C=N–C) groups is 1. The van der Waals surface area contributed by atoms with Crippen molar-refractivity contribution >= 4 is 32.7 Å². The van der Waals surface area contributed by atoms with Crippen LogP contribution < -0.4 is 16.2 Å². The molecule has 0 bridgehead atoms. The number of nitrogens with two attached hydrogens (primary N) is 2. The topological polar surface area (TPSA) is 153 Å². The van der Waals surface area contributed by atoms with E-state index in [9.17, 15) is 13.2 Å². The van der Waals surface area contributed by atoms with Crippen molar-refractivity contribution < 1.29 is 13.2 Å². The number of benzene rings is 1. The fourth-order valence-corrected chi connectivity index (χ4v) is 6.28. The zero-order chi connectivity index (χ0) is 26.7. The van der Waals surface area contributed by atoms with Crippen LogP contribution in [0.4, 0.5) is 0 Å². The van der Waals surface area contributed by atoms with Gasteiger partial charge in [0.15, 0.2) is 0 Å². The number of rotatable bonds is 6. The molecular weight excluding hydrogens is 500 g/mol. The fraction of sp³-hybridized carbons (Fsp3) is 0.214. The van der Waals surface area contributed by atoms with Crippen LogP contribution >= 0.6 is 0 Å². The van der Waals surface area contributed by atoms with Crippen LogP contribution in [0.15, 0.2) is 88.7 Å². The van der Waals surface area contributed by atoms with E-state index in [4.69, 9.17) is 10.9 Å². The van der Waals surface area contributed by atoms with Crippen LogP contribution in [0.25, 0.3) is 10.9 Å². The van der Waals surface area contributed by atoms with Gasteiger partial charge in [-0.25, -0.2) is 18.5 Å². The van der Waals surface area contributed by atoms with Crippen LogP contribution in [-0.4, -0.2) is 36.7 Å². The Bertz CT molecular complexity index is 1740. The van der Waals surface area contributed by atoms with Gasteiger partial charge in [0.1, 0.15) is 10.7 Å². The van der Waals surface area contributed by atoms with Crippen molar-refractivity contribution in [1.29, 1.82) is 0 Å². The van der Waals surface area contributed by atoms with Crippen LogP contribution in [-0.2, 0) is 16.4 Å². The van der Waals surface area contributed by atoms with Crippen molar-refractivity contribution in [3.63, 3.8) is 0 Å². The van der Waals surface area contributed by atoms with Crippen molar-refractivity contribution in [2.24, 2.45) is 33.1 Å². The summed E-state index contributed by atoms with van der Waals surface area (Å²) in [6, 6.07) is 8.62. The van der Waals surface area contributed by atoms with Gasteiger partial charge in [-0.05, 0) is 54.0 Å². The lowest BCUT2D eigenvalue weighted by Crippen LogP contribution is -2.29. The van der Waals surface area contributed by atoms with Crippen LogP contribution in [0.5, 0.6) is 0 Å². The predicted octanol–water partition coefficient (Wildman–Crippen LogP) is 2.52. The van der Waals surface area contributed by atoms with Gasteiger partial charge < -0.3 is 11.1 Å². The Morgan fingerprint density at radius 2 is 2.00 bits per heavy atom. The molecule has 38 heavy (non-hydrogen) atoms. The van der Waals surface area contributed by atoms with Gasteiger partial charge in [-0.15, -0.1) is 0 Å². The predicted molar refractivity (Wildman–Crippen MR) is 145 cm³/mol. The maximum Gasteiger partial charge on any atom is 0.251 e. The van der Waals surface area contributed by atoms with Gasteiger partial charge in [0, 0.05) is 60.0 Å². The molecule has 3 heterocycles. The monoisotopic (exact) mass is 526 g/mol. The Kier molecular flexibility index (Phi) is 5.55. The molecule has 1 fully saturated rings. The molecule has 1 saturated carbocycles. The second-order valence-electron chi connectivity index (χ2n) is 10.0. The minimum Gasteiger partial charge on any atom is -0.386 e. The summed E-state index contributed by atoms with van der Waals surface area (Å²) in [6.07, 6.45) is 13.6. The molecule has 1 aliphatic heterocycles. The molecule has 0 saturated heterocycles. The first-order valence-electron chi connectivity index (χ1n) is 12.2.